The average Bonchev–Trinajstić information content (AvgIpc) is 3.44. The van der Waals surface area contributed by atoms with Gasteiger partial charge in [0.15, 0.2) is 16.8 Å². The number of tetrazole rings is 1. The number of thioether (sulfide) groups is 1. The Morgan fingerprint density at radius 2 is 1.88 bits per heavy atom. The topological polar surface area (TPSA) is 83.5 Å². The molecule has 0 spiro atoms. The van der Waals surface area contributed by atoms with Crippen molar-refractivity contribution < 1.29 is 9.13 Å². The van der Waals surface area contributed by atoms with Gasteiger partial charge >= 0.3 is 0 Å². The van der Waals surface area contributed by atoms with Gasteiger partial charge in [0.1, 0.15) is 17.3 Å². The highest BCUT2D eigenvalue weighted by Crippen LogP contribution is 2.28. The molecule has 166 valence electrons. The Morgan fingerprint density at radius 1 is 1.06 bits per heavy atom. The Hall–Kier alpha value is -3.27. The van der Waals surface area contributed by atoms with E-state index >= 15 is 0 Å². The maximum absolute atomic E-state index is 14.4. The summed E-state index contributed by atoms with van der Waals surface area (Å²) in [5.41, 5.74) is 2.23. The van der Waals surface area contributed by atoms with E-state index in [0.29, 0.717) is 17.3 Å². The van der Waals surface area contributed by atoms with Gasteiger partial charge in [-0.3, -0.25) is 0 Å². The molecular formula is C22H24FN7OS. The van der Waals surface area contributed by atoms with Crippen molar-refractivity contribution in [2.24, 2.45) is 0 Å². The molecule has 0 aliphatic carbocycles. The van der Waals surface area contributed by atoms with Gasteiger partial charge in [0, 0.05) is 12.1 Å². The molecule has 2 heterocycles. The van der Waals surface area contributed by atoms with Gasteiger partial charge in [-0.1, -0.05) is 31.2 Å². The molecule has 0 amide bonds. The highest BCUT2D eigenvalue weighted by Gasteiger charge is 2.18. The third-order valence-corrected chi connectivity index (χ3v) is 5.96. The molecule has 0 atom stereocenters. The molecule has 0 saturated carbocycles. The first-order valence-electron chi connectivity index (χ1n) is 10.3. The van der Waals surface area contributed by atoms with Crippen LogP contribution in [0.2, 0.25) is 0 Å². The zero-order valence-electron chi connectivity index (χ0n) is 18.2. The largest absolute Gasteiger partial charge is 0.497 e. The minimum atomic E-state index is -0.373. The molecule has 0 saturated heterocycles. The number of ether oxygens (including phenoxy) is 1. The van der Waals surface area contributed by atoms with E-state index in [4.69, 9.17) is 4.74 Å². The van der Waals surface area contributed by atoms with Crippen molar-refractivity contribution in [1.82, 2.24) is 35.0 Å². The van der Waals surface area contributed by atoms with Gasteiger partial charge in [-0.15, -0.1) is 15.3 Å². The molecule has 0 N–H and O–H groups in total. The van der Waals surface area contributed by atoms with E-state index in [2.05, 4.69) is 37.2 Å². The molecule has 10 heteroatoms. The molecular weight excluding hydrogens is 429 g/mol. The van der Waals surface area contributed by atoms with Gasteiger partial charge < -0.3 is 9.30 Å². The average molecular weight is 454 g/mol. The van der Waals surface area contributed by atoms with Crippen LogP contribution in [0, 0.1) is 12.7 Å². The summed E-state index contributed by atoms with van der Waals surface area (Å²) in [7, 11) is 1.64. The van der Waals surface area contributed by atoms with Crippen molar-refractivity contribution in [2.45, 2.75) is 44.1 Å². The van der Waals surface area contributed by atoms with Crippen LogP contribution in [-0.4, -0.2) is 42.1 Å². The lowest BCUT2D eigenvalue weighted by molar-refractivity contribution is 0.415. The number of hydrogen-bond donors (Lipinski definition) is 0. The number of rotatable bonds is 9. The maximum atomic E-state index is 14.4. The molecule has 2 aromatic carbocycles. The van der Waals surface area contributed by atoms with Gasteiger partial charge in [-0.2, -0.15) is 4.68 Å². The summed E-state index contributed by atoms with van der Waals surface area (Å²) in [6.45, 7) is 4.85. The lowest BCUT2D eigenvalue weighted by Crippen LogP contribution is -2.06. The fraction of sp³-hybridized carbons (Fsp3) is 0.318. The summed E-state index contributed by atoms with van der Waals surface area (Å²) in [4.78, 5) is 0. The molecule has 0 aliphatic rings. The smallest absolute Gasteiger partial charge is 0.191 e. The molecule has 0 aliphatic heterocycles. The van der Waals surface area contributed by atoms with E-state index in [9.17, 15) is 4.39 Å². The van der Waals surface area contributed by atoms with Crippen LogP contribution in [-0.2, 0) is 12.3 Å². The van der Waals surface area contributed by atoms with Gasteiger partial charge in [-0.25, -0.2) is 4.39 Å². The third kappa shape index (κ3) is 4.64. The molecule has 0 radical (unpaired) electrons. The van der Waals surface area contributed by atoms with E-state index in [-0.39, 0.29) is 5.82 Å². The number of aryl methyl sites for hydroxylation is 1. The second kappa shape index (κ2) is 9.90. The first-order valence-corrected chi connectivity index (χ1v) is 11.3. The van der Waals surface area contributed by atoms with Crippen LogP contribution in [0.25, 0.3) is 17.1 Å². The van der Waals surface area contributed by atoms with E-state index in [1.54, 1.807) is 19.2 Å². The first kappa shape index (κ1) is 21.9. The van der Waals surface area contributed by atoms with Gasteiger partial charge in [0.05, 0.1) is 12.9 Å². The predicted octanol–water partition coefficient (Wildman–Crippen LogP) is 4.47. The van der Waals surface area contributed by atoms with E-state index in [1.165, 1.54) is 22.5 Å². The Bertz CT molecular complexity index is 1190. The van der Waals surface area contributed by atoms with Crippen LogP contribution >= 0.6 is 11.8 Å². The number of unbranched alkanes of at least 4 members (excludes halogenated alkanes) is 1. The minimum Gasteiger partial charge on any atom is -0.497 e. The standard InChI is InChI=1S/C22H24FN7OS/c1-4-5-12-29-21(16-7-9-17(31-3)10-8-16)25-26-22(29)32-14-20-24-27-28-30(20)19-13-15(2)6-11-18(19)23/h6-11,13H,4-5,12,14H2,1-3H3. The van der Waals surface area contributed by atoms with Crippen LogP contribution in [0.1, 0.15) is 31.2 Å². The monoisotopic (exact) mass is 453 g/mol. The minimum absolute atomic E-state index is 0.331. The lowest BCUT2D eigenvalue weighted by Gasteiger charge is -2.10. The first-order chi connectivity index (χ1) is 15.6. The predicted molar refractivity (Wildman–Crippen MR) is 120 cm³/mol. The van der Waals surface area contributed by atoms with Gasteiger partial charge in [0.2, 0.25) is 0 Å². The number of aromatic nitrogens is 7. The van der Waals surface area contributed by atoms with Crippen LogP contribution in [0.15, 0.2) is 47.6 Å². The number of hydrogen-bond acceptors (Lipinski definition) is 7. The maximum Gasteiger partial charge on any atom is 0.191 e. The number of halogens is 1. The molecule has 2 aromatic heterocycles. The zero-order chi connectivity index (χ0) is 22.5. The van der Waals surface area contributed by atoms with Crippen molar-refractivity contribution >= 4 is 11.8 Å². The highest BCUT2D eigenvalue weighted by atomic mass is 32.2. The molecule has 0 bridgehead atoms. The summed E-state index contributed by atoms with van der Waals surface area (Å²) >= 11 is 1.48. The van der Waals surface area contributed by atoms with Crippen molar-refractivity contribution in [2.75, 3.05) is 7.11 Å². The number of nitrogens with zero attached hydrogens (tertiary/aromatic N) is 7. The molecule has 8 nitrogen and oxygen atoms in total. The van der Waals surface area contributed by atoms with Crippen molar-refractivity contribution in [3.8, 4) is 22.8 Å². The Morgan fingerprint density at radius 3 is 2.62 bits per heavy atom. The van der Waals surface area contributed by atoms with E-state index in [0.717, 1.165) is 47.2 Å². The van der Waals surface area contributed by atoms with Gasteiger partial charge in [0.25, 0.3) is 0 Å². The highest BCUT2D eigenvalue weighted by molar-refractivity contribution is 7.98. The molecule has 0 fully saturated rings. The summed E-state index contributed by atoms with van der Waals surface area (Å²) in [5, 5.41) is 21.5. The quantitative estimate of drug-likeness (QED) is 0.346. The Kier molecular flexibility index (Phi) is 6.79. The molecule has 0 unspecified atom stereocenters. The summed E-state index contributed by atoms with van der Waals surface area (Å²) < 4.78 is 23.2. The van der Waals surface area contributed by atoms with Crippen LogP contribution < -0.4 is 4.74 Å². The van der Waals surface area contributed by atoms with Crippen molar-refractivity contribution in [3.63, 3.8) is 0 Å². The second-order valence-corrected chi connectivity index (χ2v) is 8.23. The summed E-state index contributed by atoms with van der Waals surface area (Å²) in [6.07, 6.45) is 2.05. The van der Waals surface area contributed by atoms with E-state index in [1.807, 2.05) is 31.2 Å². The Balaban J connectivity index is 1.59. The van der Waals surface area contributed by atoms with Crippen LogP contribution in [0.5, 0.6) is 5.75 Å². The van der Waals surface area contributed by atoms with E-state index < -0.39 is 0 Å². The number of methoxy groups -OCH3 is 1. The third-order valence-electron chi connectivity index (χ3n) is 4.99. The molecule has 32 heavy (non-hydrogen) atoms. The second-order valence-electron chi connectivity index (χ2n) is 7.29. The normalized spacial score (nSPS) is 11.1. The van der Waals surface area contributed by atoms with Crippen molar-refractivity contribution in [3.05, 3.63) is 59.7 Å². The zero-order valence-corrected chi connectivity index (χ0v) is 19.0. The van der Waals surface area contributed by atoms with Gasteiger partial charge in [-0.05, 0) is 65.7 Å². The van der Waals surface area contributed by atoms with Crippen LogP contribution in [0.4, 0.5) is 4.39 Å². The summed E-state index contributed by atoms with van der Waals surface area (Å²) in [6, 6.07) is 12.6. The molecule has 4 rings (SSSR count). The van der Waals surface area contributed by atoms with Crippen LogP contribution in [0.3, 0.4) is 0 Å². The Labute approximate surface area is 189 Å². The SMILES string of the molecule is CCCCn1c(SCc2nnnn2-c2cc(C)ccc2F)nnc1-c1ccc(OC)cc1. The lowest BCUT2D eigenvalue weighted by atomic mass is 10.2. The van der Waals surface area contributed by atoms with Crippen molar-refractivity contribution in [1.29, 1.82) is 0 Å². The fourth-order valence-electron chi connectivity index (χ4n) is 3.26. The fourth-order valence-corrected chi connectivity index (χ4v) is 4.13. The molecule has 4 aromatic rings. The number of benzene rings is 2. The summed E-state index contributed by atoms with van der Waals surface area (Å²) in [5.74, 6) is 2.18.